The Morgan fingerprint density at radius 3 is 2.65 bits per heavy atom. The van der Waals surface area contributed by atoms with Crippen LogP contribution >= 0.6 is 15.9 Å². The summed E-state index contributed by atoms with van der Waals surface area (Å²) >= 11 is 3.31. The van der Waals surface area contributed by atoms with E-state index in [0.29, 0.717) is 6.42 Å². The van der Waals surface area contributed by atoms with Gasteiger partial charge in [-0.3, -0.25) is 0 Å². The summed E-state index contributed by atoms with van der Waals surface area (Å²) in [6.45, 7) is 0. The van der Waals surface area contributed by atoms with E-state index in [4.69, 9.17) is 5.11 Å². The topological polar surface area (TPSA) is 75.6 Å². The number of alkyl carbamates (subject to hydrolysis) is 1. The first-order valence-electron chi connectivity index (χ1n) is 5.00. The molecule has 5 nitrogen and oxygen atoms in total. The molecule has 1 aliphatic heterocycles. The third kappa shape index (κ3) is 2.76. The van der Waals surface area contributed by atoms with Crippen molar-refractivity contribution in [2.24, 2.45) is 0 Å². The van der Waals surface area contributed by atoms with Crippen molar-refractivity contribution in [1.82, 2.24) is 5.32 Å². The van der Waals surface area contributed by atoms with Gasteiger partial charge >= 0.3 is 12.1 Å². The number of amides is 1. The first-order valence-corrected chi connectivity index (χ1v) is 5.80. The highest BCUT2D eigenvalue weighted by molar-refractivity contribution is 9.10. The summed E-state index contributed by atoms with van der Waals surface area (Å²) in [5, 5.41) is 11.4. The van der Waals surface area contributed by atoms with Gasteiger partial charge in [-0.05, 0) is 24.1 Å². The van der Waals surface area contributed by atoms with Gasteiger partial charge in [-0.25, -0.2) is 9.59 Å². The van der Waals surface area contributed by atoms with Gasteiger partial charge in [0.2, 0.25) is 6.10 Å². The fourth-order valence-electron chi connectivity index (χ4n) is 1.71. The van der Waals surface area contributed by atoms with E-state index >= 15 is 0 Å². The first kappa shape index (κ1) is 11.9. The SMILES string of the molecule is O=C1NC(Cc2ccc(Br)cc2)[C@H](C(=O)O)O1. The number of nitrogens with one attached hydrogen (secondary N) is 1. The van der Waals surface area contributed by atoms with E-state index < -0.39 is 24.2 Å². The Kier molecular flexibility index (Phi) is 3.33. The Morgan fingerprint density at radius 1 is 1.41 bits per heavy atom. The number of hydrogen-bond acceptors (Lipinski definition) is 3. The van der Waals surface area contributed by atoms with Gasteiger partial charge in [0.25, 0.3) is 0 Å². The van der Waals surface area contributed by atoms with E-state index in [0.717, 1.165) is 10.0 Å². The van der Waals surface area contributed by atoms with E-state index in [1.165, 1.54) is 0 Å². The zero-order valence-corrected chi connectivity index (χ0v) is 10.3. The molecule has 0 saturated carbocycles. The molecule has 0 aromatic heterocycles. The lowest BCUT2D eigenvalue weighted by Gasteiger charge is -2.12. The minimum absolute atomic E-state index is 0.427. The summed E-state index contributed by atoms with van der Waals surface area (Å²) in [4.78, 5) is 21.9. The van der Waals surface area contributed by atoms with Crippen molar-refractivity contribution in [3.63, 3.8) is 0 Å². The molecule has 1 aromatic rings. The summed E-state index contributed by atoms with van der Waals surface area (Å²) in [7, 11) is 0. The molecule has 1 unspecified atom stereocenters. The summed E-state index contributed by atoms with van der Waals surface area (Å²) in [5.74, 6) is -1.13. The van der Waals surface area contributed by atoms with Crippen LogP contribution < -0.4 is 5.32 Å². The molecule has 2 atom stereocenters. The molecular formula is C11H10BrNO4. The van der Waals surface area contributed by atoms with Gasteiger partial charge in [-0.2, -0.15) is 0 Å². The molecule has 6 heteroatoms. The fraction of sp³-hybridized carbons (Fsp3) is 0.273. The predicted octanol–water partition coefficient (Wildman–Crippen LogP) is 1.55. The van der Waals surface area contributed by atoms with Crippen molar-refractivity contribution >= 4 is 28.0 Å². The van der Waals surface area contributed by atoms with Crippen molar-refractivity contribution in [3.8, 4) is 0 Å². The molecule has 1 saturated heterocycles. The van der Waals surface area contributed by atoms with E-state index in [1.807, 2.05) is 24.3 Å². The summed E-state index contributed by atoms with van der Waals surface area (Å²) in [6, 6.07) is 6.94. The second-order valence-corrected chi connectivity index (χ2v) is 4.66. The zero-order chi connectivity index (χ0) is 12.4. The molecule has 1 fully saturated rings. The average Bonchev–Trinajstić information content (AvgIpc) is 2.63. The highest BCUT2D eigenvalue weighted by atomic mass is 79.9. The van der Waals surface area contributed by atoms with Gasteiger partial charge in [0, 0.05) is 4.47 Å². The van der Waals surface area contributed by atoms with E-state index in [9.17, 15) is 9.59 Å². The second kappa shape index (κ2) is 4.75. The standard InChI is InChI=1S/C11H10BrNO4/c12-7-3-1-6(2-4-7)5-8-9(10(14)15)17-11(16)13-8/h1-4,8-9H,5H2,(H,13,16)(H,14,15)/t8?,9-/m1/s1. The van der Waals surface area contributed by atoms with Crippen LogP contribution in [0.4, 0.5) is 4.79 Å². The molecule has 2 N–H and O–H groups in total. The van der Waals surface area contributed by atoms with Crippen LogP contribution in [0.2, 0.25) is 0 Å². The number of carboxylic acid groups (broad SMARTS) is 1. The Hall–Kier alpha value is -1.56. The molecule has 1 heterocycles. The number of cyclic esters (lactones) is 1. The van der Waals surface area contributed by atoms with Crippen LogP contribution in [0.25, 0.3) is 0 Å². The quantitative estimate of drug-likeness (QED) is 0.888. The monoisotopic (exact) mass is 299 g/mol. The molecular weight excluding hydrogens is 290 g/mol. The van der Waals surface area contributed by atoms with Gasteiger partial charge in [-0.15, -0.1) is 0 Å². The Balaban J connectivity index is 2.09. The van der Waals surface area contributed by atoms with Gasteiger partial charge in [0.15, 0.2) is 0 Å². The van der Waals surface area contributed by atoms with Crippen LogP contribution in [0.1, 0.15) is 5.56 Å². The molecule has 1 amide bonds. The van der Waals surface area contributed by atoms with Crippen molar-refractivity contribution in [2.45, 2.75) is 18.6 Å². The molecule has 2 rings (SSSR count). The van der Waals surface area contributed by atoms with Gasteiger partial charge in [0.1, 0.15) is 0 Å². The number of hydrogen-bond donors (Lipinski definition) is 2. The molecule has 0 spiro atoms. The normalized spacial score (nSPS) is 23.0. The number of rotatable bonds is 3. The van der Waals surface area contributed by atoms with Crippen LogP contribution in [0, 0.1) is 0 Å². The van der Waals surface area contributed by atoms with Crippen molar-refractivity contribution in [1.29, 1.82) is 0 Å². The van der Waals surface area contributed by atoms with Crippen LogP contribution in [-0.4, -0.2) is 29.3 Å². The van der Waals surface area contributed by atoms with Gasteiger partial charge in [-0.1, -0.05) is 28.1 Å². The van der Waals surface area contributed by atoms with E-state index in [1.54, 1.807) is 0 Å². The number of aliphatic carboxylic acids is 1. The Morgan fingerprint density at radius 2 is 2.06 bits per heavy atom. The zero-order valence-electron chi connectivity index (χ0n) is 8.72. The van der Waals surface area contributed by atoms with Crippen molar-refractivity contribution < 1.29 is 19.4 Å². The predicted molar refractivity (Wildman–Crippen MR) is 62.7 cm³/mol. The third-order valence-electron chi connectivity index (χ3n) is 2.51. The van der Waals surface area contributed by atoms with Gasteiger partial charge < -0.3 is 15.2 Å². The third-order valence-corrected chi connectivity index (χ3v) is 3.04. The number of ether oxygens (including phenoxy) is 1. The largest absolute Gasteiger partial charge is 0.478 e. The fourth-order valence-corrected chi connectivity index (χ4v) is 1.98. The maximum atomic E-state index is 11.0. The van der Waals surface area contributed by atoms with Crippen molar-refractivity contribution in [2.75, 3.05) is 0 Å². The Labute approximate surface area is 106 Å². The van der Waals surface area contributed by atoms with E-state index in [2.05, 4.69) is 26.0 Å². The molecule has 0 aliphatic carbocycles. The maximum Gasteiger partial charge on any atom is 0.408 e. The van der Waals surface area contributed by atoms with Gasteiger partial charge in [0.05, 0.1) is 6.04 Å². The number of carbonyl (C=O) groups excluding carboxylic acids is 1. The van der Waals surface area contributed by atoms with Crippen molar-refractivity contribution in [3.05, 3.63) is 34.3 Å². The molecule has 1 aromatic carbocycles. The lowest BCUT2D eigenvalue weighted by Crippen LogP contribution is -2.38. The highest BCUT2D eigenvalue weighted by Crippen LogP contribution is 2.16. The Bertz CT molecular complexity index is 445. The number of benzene rings is 1. The first-order chi connectivity index (χ1) is 8.06. The summed E-state index contributed by atoms with van der Waals surface area (Å²) < 4.78 is 5.62. The number of halogens is 1. The molecule has 17 heavy (non-hydrogen) atoms. The minimum Gasteiger partial charge on any atom is -0.478 e. The van der Waals surface area contributed by atoms with Crippen LogP contribution in [-0.2, 0) is 16.0 Å². The number of carboxylic acids is 1. The maximum absolute atomic E-state index is 11.0. The molecule has 0 bridgehead atoms. The number of carbonyl (C=O) groups is 2. The van der Waals surface area contributed by atoms with E-state index in [-0.39, 0.29) is 0 Å². The van der Waals surface area contributed by atoms with Crippen LogP contribution in [0.3, 0.4) is 0 Å². The second-order valence-electron chi connectivity index (χ2n) is 3.75. The molecule has 0 radical (unpaired) electrons. The van der Waals surface area contributed by atoms with Crippen LogP contribution in [0.15, 0.2) is 28.7 Å². The van der Waals surface area contributed by atoms with Crippen LogP contribution in [0.5, 0.6) is 0 Å². The minimum atomic E-state index is -1.13. The highest BCUT2D eigenvalue weighted by Gasteiger charge is 2.39. The smallest absolute Gasteiger partial charge is 0.408 e. The molecule has 1 aliphatic rings. The lowest BCUT2D eigenvalue weighted by molar-refractivity contribution is -0.145. The average molecular weight is 300 g/mol. The lowest BCUT2D eigenvalue weighted by atomic mass is 10.0. The summed E-state index contributed by atoms with van der Waals surface area (Å²) in [5.41, 5.74) is 0.940. The summed E-state index contributed by atoms with van der Waals surface area (Å²) in [6.07, 6.45) is -1.37. The molecule has 90 valence electrons.